The van der Waals surface area contributed by atoms with Crippen molar-refractivity contribution >= 4 is 51.7 Å². The zero-order chi connectivity index (χ0) is 26.4. The quantitative estimate of drug-likeness (QED) is 0.184. The number of aromatic carboxylic acids is 1. The molecule has 0 radical (unpaired) electrons. The van der Waals surface area contributed by atoms with E-state index in [1.807, 2.05) is 13.0 Å². The van der Waals surface area contributed by atoms with E-state index in [9.17, 15) is 14.4 Å². The fourth-order valence-electron chi connectivity index (χ4n) is 3.35. The van der Waals surface area contributed by atoms with Crippen LogP contribution >= 0.6 is 23.1 Å². The van der Waals surface area contributed by atoms with Crippen molar-refractivity contribution in [3.63, 3.8) is 0 Å². The maximum Gasteiger partial charge on any atom is 0.337 e. The molecule has 0 bridgehead atoms. The van der Waals surface area contributed by atoms with Gasteiger partial charge in [-0.2, -0.15) is 0 Å². The highest BCUT2D eigenvalue weighted by Gasteiger charge is 2.19. The largest absolute Gasteiger partial charge is 0.496 e. The standard InChI is InChI=1S/C26H22N4O5S2/c1-15-7-9-20(19(11-15)23(31)18-5-3-4-6-21(18)35-2)29-25(34)30-26-28-13-17(37-26)14-36-22-10-8-16(12-27-22)24(32)33/h3-13H,14H2,1-2H3,(H,32,33)(H2,28,29,30,34). The number of carboxylic acid groups (broad SMARTS) is 1. The van der Waals surface area contributed by atoms with Gasteiger partial charge in [-0.15, -0.1) is 23.1 Å². The van der Waals surface area contributed by atoms with Crippen LogP contribution in [0.1, 0.15) is 36.7 Å². The van der Waals surface area contributed by atoms with Gasteiger partial charge in [0.15, 0.2) is 10.9 Å². The van der Waals surface area contributed by atoms with Gasteiger partial charge in [0, 0.05) is 28.6 Å². The number of carboxylic acids is 1. The van der Waals surface area contributed by atoms with Crippen LogP contribution in [0.2, 0.25) is 0 Å². The number of methoxy groups -OCH3 is 1. The molecule has 0 saturated carbocycles. The lowest BCUT2D eigenvalue weighted by Gasteiger charge is -2.13. The highest BCUT2D eigenvalue weighted by Crippen LogP contribution is 2.28. The second-order valence-corrected chi connectivity index (χ2v) is 9.88. The summed E-state index contributed by atoms with van der Waals surface area (Å²) in [6.45, 7) is 1.87. The number of ether oxygens (including phenoxy) is 1. The van der Waals surface area contributed by atoms with Crippen molar-refractivity contribution in [3.05, 3.63) is 94.1 Å². The molecule has 4 aromatic rings. The third-order valence-electron chi connectivity index (χ3n) is 5.14. The first kappa shape index (κ1) is 25.9. The Morgan fingerprint density at radius 3 is 2.54 bits per heavy atom. The van der Waals surface area contributed by atoms with Crippen LogP contribution in [0.25, 0.3) is 0 Å². The van der Waals surface area contributed by atoms with Gasteiger partial charge in [-0.1, -0.05) is 23.8 Å². The van der Waals surface area contributed by atoms with Gasteiger partial charge in [-0.25, -0.2) is 19.6 Å². The number of thiazole rings is 1. The molecule has 0 spiro atoms. The number of anilines is 2. The van der Waals surface area contributed by atoms with Crippen molar-refractivity contribution in [2.45, 2.75) is 17.7 Å². The lowest BCUT2D eigenvalue weighted by Crippen LogP contribution is -2.21. The van der Waals surface area contributed by atoms with Crippen LogP contribution in [0.15, 0.2) is 72.0 Å². The monoisotopic (exact) mass is 534 g/mol. The van der Waals surface area contributed by atoms with Gasteiger partial charge >= 0.3 is 12.0 Å². The summed E-state index contributed by atoms with van der Waals surface area (Å²) in [7, 11) is 1.50. The maximum absolute atomic E-state index is 13.3. The van der Waals surface area contributed by atoms with Gasteiger partial charge in [0.1, 0.15) is 5.75 Å². The predicted molar refractivity (Wildman–Crippen MR) is 143 cm³/mol. The van der Waals surface area contributed by atoms with E-state index in [2.05, 4.69) is 20.6 Å². The minimum atomic E-state index is -1.03. The first-order chi connectivity index (χ1) is 17.8. The Balaban J connectivity index is 1.41. The molecule has 0 atom stereocenters. The van der Waals surface area contributed by atoms with Gasteiger partial charge in [-0.05, 0) is 43.3 Å². The summed E-state index contributed by atoms with van der Waals surface area (Å²) in [5.41, 5.74) is 2.10. The number of nitrogens with one attached hydrogen (secondary N) is 2. The van der Waals surface area contributed by atoms with Crippen molar-refractivity contribution in [2.24, 2.45) is 0 Å². The number of aromatic nitrogens is 2. The van der Waals surface area contributed by atoms with Crippen molar-refractivity contribution in [1.29, 1.82) is 0 Å². The number of pyridine rings is 1. The molecule has 0 fully saturated rings. The number of amides is 2. The van der Waals surface area contributed by atoms with E-state index in [0.717, 1.165) is 10.4 Å². The molecule has 11 heteroatoms. The van der Waals surface area contributed by atoms with Gasteiger partial charge < -0.3 is 15.2 Å². The molecule has 2 amide bonds. The Labute approximate surface area is 220 Å². The van der Waals surface area contributed by atoms with Crippen molar-refractivity contribution in [1.82, 2.24) is 9.97 Å². The van der Waals surface area contributed by atoms with E-state index in [4.69, 9.17) is 9.84 Å². The third-order valence-corrected chi connectivity index (χ3v) is 7.23. The molecule has 0 aliphatic carbocycles. The first-order valence-electron chi connectivity index (χ1n) is 11.0. The topological polar surface area (TPSA) is 131 Å². The summed E-state index contributed by atoms with van der Waals surface area (Å²) >= 11 is 2.73. The Bertz CT molecular complexity index is 1450. The number of carbonyl (C=O) groups excluding carboxylic acids is 2. The normalized spacial score (nSPS) is 10.5. The predicted octanol–water partition coefficient (Wildman–Crippen LogP) is 5.72. The van der Waals surface area contributed by atoms with Crippen LogP contribution in [0, 0.1) is 6.92 Å². The number of ketones is 1. The number of urea groups is 1. The van der Waals surface area contributed by atoms with E-state index >= 15 is 0 Å². The number of hydrogen-bond acceptors (Lipinski definition) is 8. The van der Waals surface area contributed by atoms with Crippen LogP contribution in [-0.2, 0) is 5.75 Å². The molecule has 2 aromatic carbocycles. The van der Waals surface area contributed by atoms with Gasteiger partial charge in [0.25, 0.3) is 0 Å². The lowest BCUT2D eigenvalue weighted by atomic mass is 9.99. The first-order valence-corrected chi connectivity index (χ1v) is 12.8. The number of benzene rings is 2. The minimum Gasteiger partial charge on any atom is -0.496 e. The summed E-state index contributed by atoms with van der Waals surface area (Å²) in [5, 5.41) is 15.5. The van der Waals surface area contributed by atoms with Crippen molar-refractivity contribution in [3.8, 4) is 5.75 Å². The molecule has 0 unspecified atom stereocenters. The summed E-state index contributed by atoms with van der Waals surface area (Å²) < 4.78 is 5.33. The van der Waals surface area contributed by atoms with Crippen LogP contribution in [0.4, 0.5) is 15.6 Å². The van der Waals surface area contributed by atoms with Crippen LogP contribution < -0.4 is 15.4 Å². The average molecular weight is 535 g/mol. The lowest BCUT2D eigenvalue weighted by molar-refractivity contribution is 0.0696. The molecular weight excluding hydrogens is 512 g/mol. The molecule has 2 aromatic heterocycles. The highest BCUT2D eigenvalue weighted by atomic mass is 32.2. The van der Waals surface area contributed by atoms with E-state index in [0.29, 0.717) is 38.5 Å². The Morgan fingerprint density at radius 2 is 1.81 bits per heavy atom. The molecule has 0 saturated heterocycles. The van der Waals surface area contributed by atoms with E-state index in [1.54, 1.807) is 48.7 Å². The fraction of sp³-hybridized carbons (Fsp3) is 0.115. The van der Waals surface area contributed by atoms with E-state index in [-0.39, 0.29) is 11.3 Å². The van der Waals surface area contributed by atoms with Crippen LogP contribution in [-0.4, -0.2) is 40.0 Å². The summed E-state index contributed by atoms with van der Waals surface area (Å²) in [4.78, 5) is 46.2. The van der Waals surface area contributed by atoms with Gasteiger partial charge in [0.2, 0.25) is 0 Å². The SMILES string of the molecule is COc1ccccc1C(=O)c1cc(C)ccc1NC(=O)Nc1ncc(CSc2ccc(C(=O)O)cn2)s1. The Morgan fingerprint density at radius 1 is 1.00 bits per heavy atom. The molecule has 9 nitrogen and oxygen atoms in total. The van der Waals surface area contributed by atoms with Crippen LogP contribution in [0.3, 0.4) is 0 Å². The zero-order valence-corrected chi connectivity index (χ0v) is 21.5. The fourth-order valence-corrected chi connectivity index (χ4v) is 5.02. The Hall–Kier alpha value is -4.22. The van der Waals surface area contributed by atoms with E-state index in [1.165, 1.54) is 42.5 Å². The second kappa shape index (κ2) is 11.7. The number of para-hydroxylation sites is 1. The highest BCUT2D eigenvalue weighted by molar-refractivity contribution is 7.98. The van der Waals surface area contributed by atoms with Crippen molar-refractivity contribution in [2.75, 3.05) is 17.7 Å². The molecule has 2 heterocycles. The van der Waals surface area contributed by atoms with Gasteiger partial charge in [0.05, 0.1) is 29.0 Å². The van der Waals surface area contributed by atoms with Crippen molar-refractivity contribution < 1.29 is 24.2 Å². The number of thioether (sulfide) groups is 1. The molecular formula is C26H22N4O5S2. The molecule has 4 rings (SSSR count). The molecule has 188 valence electrons. The smallest absolute Gasteiger partial charge is 0.337 e. The number of nitrogens with zero attached hydrogens (tertiary/aromatic N) is 2. The maximum atomic E-state index is 13.3. The minimum absolute atomic E-state index is 0.126. The average Bonchev–Trinajstić information content (AvgIpc) is 3.35. The number of rotatable bonds is 9. The summed E-state index contributed by atoms with van der Waals surface area (Å²) in [6, 6.07) is 14.8. The number of hydrogen-bond donors (Lipinski definition) is 3. The molecule has 0 aliphatic heterocycles. The molecule has 0 aliphatic rings. The zero-order valence-electron chi connectivity index (χ0n) is 19.8. The third kappa shape index (κ3) is 6.51. The number of aryl methyl sites for hydroxylation is 1. The van der Waals surface area contributed by atoms with Gasteiger partial charge in [-0.3, -0.25) is 10.1 Å². The number of carbonyl (C=O) groups is 3. The van der Waals surface area contributed by atoms with Crippen LogP contribution in [0.5, 0.6) is 5.75 Å². The second-order valence-electron chi connectivity index (χ2n) is 7.77. The summed E-state index contributed by atoms with van der Waals surface area (Å²) in [6.07, 6.45) is 2.97. The summed E-state index contributed by atoms with van der Waals surface area (Å²) in [5.74, 6) is -0.293. The van der Waals surface area contributed by atoms with E-state index < -0.39 is 12.0 Å². The Kier molecular flexibility index (Phi) is 8.16. The molecule has 3 N–H and O–H groups in total. The molecule has 37 heavy (non-hydrogen) atoms.